The summed E-state index contributed by atoms with van der Waals surface area (Å²) in [4.78, 5) is 49.2. The number of benzene rings is 6. The van der Waals surface area contributed by atoms with Crippen LogP contribution in [0.25, 0.3) is 44.6 Å². The van der Waals surface area contributed by atoms with E-state index in [2.05, 4.69) is 5.32 Å². The van der Waals surface area contributed by atoms with Crippen molar-refractivity contribution in [3.05, 3.63) is 177 Å². The quantitative estimate of drug-likeness (QED) is 0.0184. The summed E-state index contributed by atoms with van der Waals surface area (Å²) in [5.74, 6) is -4.19. The molecule has 2 heterocycles. The van der Waals surface area contributed by atoms with Crippen LogP contribution in [0.5, 0.6) is 0 Å². The highest BCUT2D eigenvalue weighted by Gasteiger charge is 2.35. The Morgan fingerprint density at radius 1 is 0.565 bits per heavy atom. The Bertz CT molecular complexity index is 4250. The Balaban J connectivity index is 0.000000218. The second kappa shape index (κ2) is 29.9. The molecule has 0 aliphatic heterocycles. The normalized spacial score (nSPS) is 13.2. The third kappa shape index (κ3) is 16.6. The molecule has 2 saturated carbocycles. The van der Waals surface area contributed by atoms with Gasteiger partial charge >= 0.3 is 11.9 Å². The maximum absolute atomic E-state index is 14.0. The number of fused-ring (bicyclic) bond motifs is 2. The van der Waals surface area contributed by atoms with Crippen molar-refractivity contribution < 1.29 is 91.2 Å². The number of hydrogen-bond donors (Lipinski definition) is 2. The van der Waals surface area contributed by atoms with Gasteiger partial charge in [-0.15, -0.1) is 0 Å². The number of rotatable bonds is 30. The van der Waals surface area contributed by atoms with Crippen molar-refractivity contribution >= 4 is 77.0 Å². The number of hydrogen-bond acceptors (Lipinski definition) is 15. The van der Waals surface area contributed by atoms with Crippen LogP contribution in [-0.2, 0) is 56.9 Å². The molecule has 488 valence electrons. The molecule has 1 amide bonds. The van der Waals surface area contributed by atoms with Gasteiger partial charge in [0.15, 0.2) is 5.78 Å². The molecule has 0 unspecified atom stereocenters. The van der Waals surface area contributed by atoms with Gasteiger partial charge in [0.25, 0.3) is 5.91 Å². The maximum atomic E-state index is 14.0. The first-order valence-electron chi connectivity index (χ1n) is 29.7. The molecular weight excluding hydrogens is 1240 g/mol. The number of furan rings is 2. The number of ketones is 1. The van der Waals surface area contributed by atoms with Crippen molar-refractivity contribution in [3.8, 4) is 22.6 Å². The first-order chi connectivity index (χ1) is 44.0. The molecule has 0 saturated heterocycles. The van der Waals surface area contributed by atoms with Crippen LogP contribution < -0.4 is 13.9 Å². The van der Waals surface area contributed by atoms with Gasteiger partial charge in [-0.3, -0.25) is 18.2 Å². The van der Waals surface area contributed by atoms with E-state index in [-0.39, 0.29) is 119 Å². The predicted octanol–water partition coefficient (Wildman–Crippen LogP) is 12.3. The number of Topliss-reactive ketones (excluding diaryl/α,β-unsaturated/α-hetero) is 1. The minimum atomic E-state index is -3.76. The molecule has 10 rings (SSSR count). The van der Waals surface area contributed by atoms with Crippen molar-refractivity contribution in [2.75, 3.05) is 87.5 Å². The van der Waals surface area contributed by atoms with Gasteiger partial charge in [0.2, 0.25) is 20.0 Å². The molecule has 19 nitrogen and oxygen atoms in total. The number of carbonyl (C=O) groups is 4. The van der Waals surface area contributed by atoms with Crippen LogP contribution in [0.3, 0.4) is 0 Å². The lowest BCUT2D eigenvalue weighted by Gasteiger charge is -2.25. The smallest absolute Gasteiger partial charge is 0.341 e. The van der Waals surface area contributed by atoms with E-state index in [1.165, 1.54) is 82.4 Å². The fourth-order valence-corrected chi connectivity index (χ4v) is 12.3. The summed E-state index contributed by atoms with van der Waals surface area (Å²) >= 11 is 0. The lowest BCUT2D eigenvalue weighted by atomic mass is 9.97. The second-order valence-corrected chi connectivity index (χ2v) is 25.8. The Hall–Kier alpha value is -8.46. The van der Waals surface area contributed by atoms with E-state index in [0.29, 0.717) is 66.9 Å². The topological polar surface area (TPSA) is 248 Å². The molecule has 2 aliphatic rings. The average molecular weight is 1310 g/mol. The van der Waals surface area contributed by atoms with Gasteiger partial charge in [0.1, 0.15) is 46.0 Å². The highest BCUT2D eigenvalue weighted by Crippen LogP contribution is 2.50. The number of anilines is 2. The first-order valence-corrected chi connectivity index (χ1v) is 33.4. The molecule has 92 heavy (non-hydrogen) atoms. The van der Waals surface area contributed by atoms with E-state index in [0.717, 1.165) is 55.4 Å². The highest BCUT2D eigenvalue weighted by atomic mass is 32.2. The minimum Gasteiger partial charge on any atom is -0.478 e. The summed E-state index contributed by atoms with van der Waals surface area (Å²) in [5, 5.41) is 12.8. The van der Waals surface area contributed by atoms with Crippen molar-refractivity contribution in [1.29, 1.82) is 0 Å². The number of carboxylic acids is 1. The number of aromatic carboxylic acids is 1. The Morgan fingerprint density at radius 2 is 0.989 bits per heavy atom. The average Bonchev–Trinajstić information content (AvgIpc) is 1.59. The molecule has 0 spiro atoms. The summed E-state index contributed by atoms with van der Waals surface area (Å²) < 4.78 is 149. The number of esters is 1. The van der Waals surface area contributed by atoms with Crippen LogP contribution in [0.2, 0.25) is 0 Å². The van der Waals surface area contributed by atoms with Gasteiger partial charge in [-0.25, -0.2) is 44.0 Å². The summed E-state index contributed by atoms with van der Waals surface area (Å²) in [5.41, 5.74) is 5.33. The van der Waals surface area contributed by atoms with E-state index in [1.807, 2.05) is 12.1 Å². The molecule has 2 fully saturated rings. The molecule has 8 aromatic rings. The zero-order valence-electron chi connectivity index (χ0n) is 51.2. The molecule has 2 aromatic heterocycles. The number of carbonyl (C=O) groups excluding carboxylic acids is 3. The summed E-state index contributed by atoms with van der Waals surface area (Å²) in [6, 6.07) is 26.0. The fraction of sp³-hybridized carbons (Fsp3) is 0.343. The van der Waals surface area contributed by atoms with E-state index in [1.54, 1.807) is 38.1 Å². The number of nitrogens with zero attached hydrogens (tertiary/aromatic N) is 2. The van der Waals surface area contributed by atoms with Crippen LogP contribution in [0.1, 0.15) is 121 Å². The Kier molecular flexibility index (Phi) is 22.1. The lowest BCUT2D eigenvalue weighted by Crippen LogP contribution is -2.34. The molecule has 0 atom stereocenters. The Labute approximate surface area is 529 Å². The summed E-state index contributed by atoms with van der Waals surface area (Å²) in [6.45, 7) is 4.43. The number of ether oxygens (including phenoxy) is 5. The summed E-state index contributed by atoms with van der Waals surface area (Å²) in [6.07, 6.45) is 5.97. The molecule has 2 aliphatic carbocycles. The van der Waals surface area contributed by atoms with Gasteiger partial charge in [-0.05, 0) is 152 Å². The Morgan fingerprint density at radius 3 is 1.40 bits per heavy atom. The molecular formula is C67H69F4N3O16S2. The largest absolute Gasteiger partial charge is 0.478 e. The van der Waals surface area contributed by atoms with Crippen molar-refractivity contribution in [2.45, 2.75) is 71.0 Å². The highest BCUT2D eigenvalue weighted by molar-refractivity contribution is 7.92. The van der Waals surface area contributed by atoms with Crippen LogP contribution in [0.15, 0.2) is 118 Å². The predicted molar refractivity (Wildman–Crippen MR) is 336 cm³/mol. The third-order valence-electron chi connectivity index (χ3n) is 15.3. The number of halogens is 4. The molecule has 0 radical (unpaired) electrons. The van der Waals surface area contributed by atoms with Gasteiger partial charge in [0, 0.05) is 47.5 Å². The van der Waals surface area contributed by atoms with Gasteiger partial charge < -0.3 is 42.9 Å². The molecule has 0 bridgehead atoms. The standard InChI is InChI=1S/C34H36F2N2O8S.C33H33F2NO8S/c1-4-45-34(40)26-17-21(5-12-28(26)36)20-44-16-15-43-14-13-38(47(3,41)42)29-19-30-27(18-25(29)22-6-7-22)31(33(39)37-2)32(46-30)23-8-10-24(35)11-9-23;1-3-29(37)31-26-17-24(21-5-6-21)28(18-30(26)44-32(31)22-7-9-23(34)10-8-22)36(45(2,40)41)12-13-42-14-15-43-19-20-4-11-27(35)25(16-20)33(38)39/h5,8-12,17-19,22H,4,6-7,13-16,20H2,1-3H3,(H,37,39);4,7-11,16-18,21H,3,5-6,12-15,19H2,1-2H3,(H,38,39). The second-order valence-electron chi connectivity index (χ2n) is 22.0. The van der Waals surface area contributed by atoms with E-state index < -0.39 is 60.8 Å². The van der Waals surface area contributed by atoms with Crippen molar-refractivity contribution in [2.24, 2.45) is 0 Å². The van der Waals surface area contributed by atoms with Crippen molar-refractivity contribution in [3.63, 3.8) is 0 Å². The van der Waals surface area contributed by atoms with E-state index in [9.17, 15) is 53.6 Å². The zero-order chi connectivity index (χ0) is 66.0. The van der Waals surface area contributed by atoms with Gasteiger partial charge in [-0.1, -0.05) is 19.1 Å². The fourth-order valence-electron chi connectivity index (χ4n) is 10.5. The van der Waals surface area contributed by atoms with Crippen LogP contribution in [-0.4, -0.2) is 124 Å². The minimum absolute atomic E-state index is 0.0102. The SMILES string of the molecule is CCC(=O)c1c(-c2ccc(F)cc2)oc2cc(N(CCOCCOCc3ccc(F)c(C(=O)O)c3)S(C)(=O)=O)c(C3CC3)cc12.CCOC(=O)c1cc(COCCOCCN(c2cc3oc(-c4ccc(F)cc4)c(C(=O)NC)c3cc2C2CC2)S(C)(=O)=O)ccc1F. The third-order valence-corrected chi connectivity index (χ3v) is 17.6. The van der Waals surface area contributed by atoms with Gasteiger partial charge in [0.05, 0.1) is 119 Å². The van der Waals surface area contributed by atoms with E-state index in [4.69, 9.17) is 37.6 Å². The number of carboxylic acid groups (broad SMARTS) is 1. The number of sulfonamides is 2. The number of nitrogens with one attached hydrogen (secondary N) is 1. The molecule has 6 aromatic carbocycles. The van der Waals surface area contributed by atoms with Crippen molar-refractivity contribution in [1.82, 2.24) is 5.32 Å². The lowest BCUT2D eigenvalue weighted by molar-refractivity contribution is 0.0433. The van der Waals surface area contributed by atoms with E-state index >= 15 is 0 Å². The van der Waals surface area contributed by atoms with Crippen LogP contribution >= 0.6 is 0 Å². The first kappa shape index (κ1) is 67.9. The maximum Gasteiger partial charge on any atom is 0.341 e. The van der Waals surface area contributed by atoms with Crippen LogP contribution in [0, 0.1) is 23.3 Å². The monoisotopic (exact) mass is 1310 g/mol. The summed E-state index contributed by atoms with van der Waals surface area (Å²) in [7, 11) is -6.00. The molecule has 2 N–H and O–H groups in total. The molecule has 25 heteroatoms. The van der Waals surface area contributed by atoms with Crippen LogP contribution in [0.4, 0.5) is 28.9 Å². The number of amides is 1. The zero-order valence-corrected chi connectivity index (χ0v) is 52.8. The van der Waals surface area contributed by atoms with Gasteiger partial charge in [-0.2, -0.15) is 0 Å².